The van der Waals surface area contributed by atoms with Crippen molar-refractivity contribution >= 4 is 18.0 Å². The average molecular weight is 763 g/mol. The molecule has 1 aliphatic rings. The van der Waals surface area contributed by atoms with Crippen LogP contribution in [-0.4, -0.2) is 160 Å². The number of hydrogen-bond acceptors (Lipinski definition) is 12. The van der Waals surface area contributed by atoms with Crippen molar-refractivity contribution < 1.29 is 62.1 Å². The molecule has 15 nitrogen and oxygen atoms in total. The third-order valence-corrected chi connectivity index (χ3v) is 8.18. The maximum absolute atomic E-state index is 12.6. The van der Waals surface area contributed by atoms with Crippen LogP contribution in [0.5, 0.6) is 0 Å². The van der Waals surface area contributed by atoms with Crippen molar-refractivity contribution in [2.75, 3.05) is 132 Å². The van der Waals surface area contributed by atoms with E-state index in [9.17, 15) is 14.4 Å². The number of aliphatic carboxylic acids is 1. The van der Waals surface area contributed by atoms with E-state index in [2.05, 4.69) is 29.6 Å². The molecule has 0 atom stereocenters. The minimum Gasteiger partial charge on any atom is -0.481 e. The quantitative estimate of drug-likeness (QED) is 0.102. The number of hydrogen-bond donors (Lipinski definition) is 2. The lowest BCUT2D eigenvalue weighted by molar-refractivity contribution is -0.138. The van der Waals surface area contributed by atoms with Crippen LogP contribution in [0.15, 0.2) is 48.5 Å². The molecule has 0 spiro atoms. The lowest BCUT2D eigenvalue weighted by Crippen LogP contribution is -2.32. The van der Waals surface area contributed by atoms with Crippen LogP contribution in [0.4, 0.5) is 4.79 Å². The molecule has 302 valence electrons. The lowest BCUT2D eigenvalue weighted by atomic mass is 9.98. The van der Waals surface area contributed by atoms with E-state index in [1.807, 2.05) is 24.3 Å². The number of carbonyl (C=O) groups excluding carboxylic acids is 2. The molecule has 0 aliphatic heterocycles. The van der Waals surface area contributed by atoms with Gasteiger partial charge in [0.25, 0.3) is 0 Å². The zero-order valence-electron chi connectivity index (χ0n) is 31.5. The Bertz CT molecular complexity index is 1290. The molecule has 0 radical (unpaired) electrons. The third kappa shape index (κ3) is 19.1. The van der Waals surface area contributed by atoms with Gasteiger partial charge in [0.2, 0.25) is 5.91 Å². The van der Waals surface area contributed by atoms with Crippen molar-refractivity contribution in [3.8, 4) is 11.1 Å². The number of carboxylic acid groups (broad SMARTS) is 1. The van der Waals surface area contributed by atoms with E-state index in [-0.39, 0.29) is 30.8 Å². The zero-order valence-corrected chi connectivity index (χ0v) is 31.5. The Labute approximate surface area is 318 Å². The second-order valence-corrected chi connectivity index (χ2v) is 12.2. The van der Waals surface area contributed by atoms with Crippen LogP contribution < -0.4 is 5.32 Å². The molecule has 2 aromatic rings. The van der Waals surface area contributed by atoms with E-state index in [0.717, 1.165) is 0 Å². The van der Waals surface area contributed by atoms with Gasteiger partial charge in [0, 0.05) is 39.1 Å². The lowest BCUT2D eigenvalue weighted by Gasteiger charge is -2.19. The molecule has 0 saturated carbocycles. The van der Waals surface area contributed by atoms with Crippen LogP contribution in [-0.2, 0) is 52.2 Å². The Morgan fingerprint density at radius 2 is 1.00 bits per heavy atom. The number of likely N-dealkylation sites (N-methyl/N-ethyl adjacent to an activating group) is 1. The molecule has 0 saturated heterocycles. The van der Waals surface area contributed by atoms with Crippen molar-refractivity contribution in [2.24, 2.45) is 0 Å². The predicted molar refractivity (Wildman–Crippen MR) is 199 cm³/mol. The summed E-state index contributed by atoms with van der Waals surface area (Å²) in [6, 6.07) is 16.5. The fraction of sp³-hybridized carbons (Fsp3) is 0.615. The molecule has 1 aliphatic carbocycles. The summed E-state index contributed by atoms with van der Waals surface area (Å²) in [7, 11) is 1.71. The smallest absolute Gasteiger partial charge is 0.409 e. The number of fused-ring (bicyclic) bond motifs is 3. The van der Waals surface area contributed by atoms with Gasteiger partial charge in [-0.25, -0.2) is 4.79 Å². The molecule has 0 bridgehead atoms. The summed E-state index contributed by atoms with van der Waals surface area (Å²) in [5, 5.41) is 11.2. The number of ether oxygens (including phenoxy) is 9. The second kappa shape index (κ2) is 28.7. The largest absolute Gasteiger partial charge is 0.481 e. The topological polar surface area (TPSA) is 170 Å². The number of benzene rings is 2. The van der Waals surface area contributed by atoms with Crippen LogP contribution in [0, 0.1) is 0 Å². The molecule has 0 heterocycles. The first kappa shape index (κ1) is 44.7. The van der Waals surface area contributed by atoms with Crippen LogP contribution >= 0.6 is 0 Å². The molecular formula is C39H58N2O13. The predicted octanol–water partition coefficient (Wildman–Crippen LogP) is 3.37. The summed E-state index contributed by atoms with van der Waals surface area (Å²) in [6.07, 6.45) is 0.0910. The van der Waals surface area contributed by atoms with E-state index < -0.39 is 5.97 Å². The molecular weight excluding hydrogens is 704 g/mol. The molecule has 0 aromatic heterocycles. The Balaban J connectivity index is 0.985. The van der Waals surface area contributed by atoms with Crippen molar-refractivity contribution in [1.29, 1.82) is 0 Å². The molecule has 0 unspecified atom stereocenters. The summed E-state index contributed by atoms with van der Waals surface area (Å²) < 4.78 is 49.6. The fourth-order valence-electron chi connectivity index (χ4n) is 5.35. The van der Waals surface area contributed by atoms with Gasteiger partial charge < -0.3 is 58.0 Å². The van der Waals surface area contributed by atoms with E-state index in [1.165, 1.54) is 27.2 Å². The summed E-state index contributed by atoms with van der Waals surface area (Å²) in [5.41, 5.74) is 4.77. The van der Waals surface area contributed by atoms with Gasteiger partial charge >= 0.3 is 12.1 Å². The van der Waals surface area contributed by atoms with Gasteiger partial charge in [0.15, 0.2) is 0 Å². The minimum absolute atomic E-state index is 0.0145. The number of rotatable bonds is 33. The SMILES string of the molecule is CN(CCOCCOCCOCCOCCOCCOCCOCCOCCCNC(=O)CCC(=O)O)C(=O)OCC1c2ccccc2-c2ccccc21. The van der Waals surface area contributed by atoms with Crippen LogP contribution in [0.2, 0.25) is 0 Å². The van der Waals surface area contributed by atoms with E-state index in [4.69, 9.17) is 47.7 Å². The Morgan fingerprint density at radius 1 is 0.593 bits per heavy atom. The van der Waals surface area contributed by atoms with Gasteiger partial charge in [0.1, 0.15) is 6.61 Å². The summed E-state index contributed by atoms with van der Waals surface area (Å²) in [5.74, 6) is -1.22. The monoisotopic (exact) mass is 762 g/mol. The summed E-state index contributed by atoms with van der Waals surface area (Å²) >= 11 is 0. The zero-order chi connectivity index (χ0) is 38.5. The number of nitrogens with one attached hydrogen (secondary N) is 1. The highest BCUT2D eigenvalue weighted by molar-refractivity contribution is 5.80. The number of nitrogens with zero attached hydrogens (tertiary/aromatic N) is 1. The Hall–Kier alpha value is -3.67. The van der Waals surface area contributed by atoms with Crippen molar-refractivity contribution in [3.63, 3.8) is 0 Å². The van der Waals surface area contributed by atoms with Crippen molar-refractivity contribution in [2.45, 2.75) is 25.2 Å². The van der Waals surface area contributed by atoms with Gasteiger partial charge in [-0.1, -0.05) is 48.5 Å². The third-order valence-electron chi connectivity index (χ3n) is 8.18. The number of carboxylic acids is 1. The molecule has 15 heteroatoms. The van der Waals surface area contributed by atoms with Gasteiger partial charge in [-0.15, -0.1) is 0 Å². The van der Waals surface area contributed by atoms with Crippen LogP contribution in [0.3, 0.4) is 0 Å². The first-order chi connectivity index (χ1) is 26.5. The maximum Gasteiger partial charge on any atom is 0.409 e. The highest BCUT2D eigenvalue weighted by atomic mass is 16.6. The average Bonchev–Trinajstić information content (AvgIpc) is 3.50. The standard InChI is InChI=1S/C39H58N2O13/c1-41(39(45)54-31-36-34-9-4-2-7-32(34)33-8-3-5-10-35(33)36)14-16-47-18-20-49-22-24-51-26-28-53-30-29-52-27-25-50-23-21-48-19-17-46-15-6-13-40-37(42)11-12-38(43)44/h2-5,7-10,36H,6,11-31H2,1H3,(H,40,42)(H,43,44). The van der Waals surface area contributed by atoms with Crippen molar-refractivity contribution in [1.82, 2.24) is 10.2 Å². The molecule has 2 amide bonds. The van der Waals surface area contributed by atoms with Crippen LogP contribution in [0.25, 0.3) is 11.1 Å². The number of amides is 2. The van der Waals surface area contributed by atoms with Gasteiger partial charge in [0.05, 0.1) is 106 Å². The van der Waals surface area contributed by atoms with E-state index in [1.54, 1.807) is 7.05 Å². The van der Waals surface area contributed by atoms with Gasteiger partial charge in [-0.2, -0.15) is 0 Å². The molecule has 2 aromatic carbocycles. The fourth-order valence-corrected chi connectivity index (χ4v) is 5.35. The second-order valence-electron chi connectivity index (χ2n) is 12.2. The Morgan fingerprint density at radius 3 is 1.44 bits per heavy atom. The van der Waals surface area contributed by atoms with Gasteiger partial charge in [-0.3, -0.25) is 9.59 Å². The van der Waals surface area contributed by atoms with E-state index >= 15 is 0 Å². The summed E-state index contributed by atoms with van der Waals surface area (Å²) in [4.78, 5) is 35.9. The highest BCUT2D eigenvalue weighted by Crippen LogP contribution is 2.44. The van der Waals surface area contributed by atoms with Crippen molar-refractivity contribution in [3.05, 3.63) is 59.7 Å². The minimum atomic E-state index is -0.986. The molecule has 3 rings (SSSR count). The van der Waals surface area contributed by atoms with Gasteiger partial charge in [-0.05, 0) is 28.7 Å². The summed E-state index contributed by atoms with van der Waals surface area (Å²) in [6.45, 7) is 8.38. The first-order valence-corrected chi connectivity index (χ1v) is 18.6. The van der Waals surface area contributed by atoms with Crippen LogP contribution in [0.1, 0.15) is 36.3 Å². The van der Waals surface area contributed by atoms with E-state index in [0.29, 0.717) is 132 Å². The molecule has 0 fully saturated rings. The maximum atomic E-state index is 12.6. The normalized spacial score (nSPS) is 12.0. The Kier molecular flexibility index (Phi) is 23.8. The molecule has 2 N–H and O–H groups in total. The molecule has 54 heavy (non-hydrogen) atoms. The highest BCUT2D eigenvalue weighted by Gasteiger charge is 2.29. The number of carbonyl (C=O) groups is 3. The first-order valence-electron chi connectivity index (χ1n) is 18.6.